The third-order valence-electron chi connectivity index (χ3n) is 3.59. The summed E-state index contributed by atoms with van der Waals surface area (Å²) in [4.78, 5) is 12.2. The Balaban J connectivity index is 2.35. The number of aryl methyl sites for hydroxylation is 1. The molecular weight excluding hydrogens is 244 g/mol. The summed E-state index contributed by atoms with van der Waals surface area (Å²) in [6.07, 6.45) is 2.02. The number of methoxy groups -OCH3 is 1. The van der Waals surface area contributed by atoms with Gasteiger partial charge in [0.05, 0.1) is 13.7 Å². The molecule has 1 aromatic carbocycles. The molecule has 1 unspecified atom stereocenters. The van der Waals surface area contributed by atoms with Crippen molar-refractivity contribution in [2.75, 3.05) is 13.7 Å². The molecule has 0 amide bonds. The van der Waals surface area contributed by atoms with Crippen LogP contribution in [0.1, 0.15) is 32.3 Å². The van der Waals surface area contributed by atoms with Crippen LogP contribution in [0.3, 0.4) is 0 Å². The Morgan fingerprint density at radius 3 is 2.84 bits per heavy atom. The first-order valence-electron chi connectivity index (χ1n) is 6.69. The first-order chi connectivity index (χ1) is 9.16. The number of hydrogen-bond donors (Lipinski definition) is 0. The average Bonchev–Trinajstić information content (AvgIpc) is 2.46. The molecule has 2 rings (SSSR count). The second kappa shape index (κ2) is 5.51. The summed E-state index contributed by atoms with van der Waals surface area (Å²) in [6, 6.07) is 5.78. The second-order valence-electron chi connectivity index (χ2n) is 4.62. The first kappa shape index (κ1) is 13.7. The van der Waals surface area contributed by atoms with Gasteiger partial charge in [-0.2, -0.15) is 0 Å². The summed E-state index contributed by atoms with van der Waals surface area (Å²) in [7, 11) is 1.60. The number of esters is 1. The lowest BCUT2D eigenvalue weighted by Crippen LogP contribution is -2.47. The SMILES string of the molecule is CCOC(=O)C1(CC)CCc2cccc(OC)c2O1. The van der Waals surface area contributed by atoms with E-state index in [2.05, 4.69) is 0 Å². The molecule has 0 fully saturated rings. The maximum Gasteiger partial charge on any atom is 0.350 e. The van der Waals surface area contributed by atoms with E-state index in [4.69, 9.17) is 14.2 Å². The molecule has 0 saturated carbocycles. The van der Waals surface area contributed by atoms with Crippen LogP contribution in [-0.2, 0) is 16.0 Å². The summed E-state index contributed by atoms with van der Waals surface area (Å²) >= 11 is 0. The third kappa shape index (κ3) is 2.39. The van der Waals surface area contributed by atoms with Gasteiger partial charge in [-0.15, -0.1) is 0 Å². The van der Waals surface area contributed by atoms with E-state index in [1.165, 1.54) is 0 Å². The zero-order valence-corrected chi connectivity index (χ0v) is 11.7. The Hall–Kier alpha value is -1.71. The van der Waals surface area contributed by atoms with Gasteiger partial charge >= 0.3 is 5.97 Å². The topological polar surface area (TPSA) is 44.8 Å². The molecule has 0 radical (unpaired) electrons. The van der Waals surface area contributed by atoms with Gasteiger partial charge in [0.25, 0.3) is 0 Å². The Morgan fingerprint density at radius 1 is 1.42 bits per heavy atom. The van der Waals surface area contributed by atoms with E-state index in [9.17, 15) is 4.79 Å². The van der Waals surface area contributed by atoms with Crippen molar-refractivity contribution in [1.82, 2.24) is 0 Å². The minimum absolute atomic E-state index is 0.283. The van der Waals surface area contributed by atoms with Crippen molar-refractivity contribution in [1.29, 1.82) is 0 Å². The Morgan fingerprint density at radius 2 is 2.21 bits per heavy atom. The molecule has 1 aliphatic rings. The molecule has 1 aromatic rings. The molecule has 0 aromatic heterocycles. The van der Waals surface area contributed by atoms with Gasteiger partial charge in [0.1, 0.15) is 0 Å². The van der Waals surface area contributed by atoms with E-state index in [1.807, 2.05) is 25.1 Å². The molecule has 1 atom stereocenters. The van der Waals surface area contributed by atoms with Gasteiger partial charge in [-0.3, -0.25) is 0 Å². The Bertz CT molecular complexity index is 455. The number of para-hydroxylation sites is 1. The maximum absolute atomic E-state index is 12.2. The van der Waals surface area contributed by atoms with E-state index in [-0.39, 0.29) is 5.97 Å². The van der Waals surface area contributed by atoms with E-state index in [0.29, 0.717) is 30.9 Å². The monoisotopic (exact) mass is 264 g/mol. The van der Waals surface area contributed by atoms with Crippen LogP contribution >= 0.6 is 0 Å². The van der Waals surface area contributed by atoms with Crippen molar-refractivity contribution in [3.8, 4) is 11.5 Å². The van der Waals surface area contributed by atoms with Crippen LogP contribution < -0.4 is 9.47 Å². The summed E-state index contributed by atoms with van der Waals surface area (Å²) in [5.41, 5.74) is 0.199. The summed E-state index contributed by atoms with van der Waals surface area (Å²) in [6.45, 7) is 4.11. The smallest absolute Gasteiger partial charge is 0.350 e. The van der Waals surface area contributed by atoms with Crippen molar-refractivity contribution in [3.63, 3.8) is 0 Å². The summed E-state index contributed by atoms with van der Waals surface area (Å²) in [5.74, 6) is 1.06. The zero-order chi connectivity index (χ0) is 13.9. The standard InChI is InChI=1S/C15H20O4/c1-4-15(14(16)18-5-2)10-9-11-7-6-8-12(17-3)13(11)19-15/h6-8H,4-5,9-10H2,1-3H3. The lowest BCUT2D eigenvalue weighted by atomic mass is 9.88. The molecular formula is C15H20O4. The van der Waals surface area contributed by atoms with Gasteiger partial charge in [0.2, 0.25) is 5.60 Å². The maximum atomic E-state index is 12.2. The van der Waals surface area contributed by atoms with Crippen molar-refractivity contribution in [2.45, 2.75) is 38.7 Å². The molecule has 4 nitrogen and oxygen atoms in total. The van der Waals surface area contributed by atoms with Crippen LogP contribution in [0.4, 0.5) is 0 Å². The lowest BCUT2D eigenvalue weighted by molar-refractivity contribution is -0.164. The molecule has 1 aliphatic heterocycles. The van der Waals surface area contributed by atoms with Gasteiger partial charge < -0.3 is 14.2 Å². The minimum atomic E-state index is -0.877. The van der Waals surface area contributed by atoms with Crippen molar-refractivity contribution in [3.05, 3.63) is 23.8 Å². The van der Waals surface area contributed by atoms with Crippen LogP contribution in [0.25, 0.3) is 0 Å². The van der Waals surface area contributed by atoms with Crippen LogP contribution in [0.15, 0.2) is 18.2 Å². The number of rotatable bonds is 4. The molecule has 104 valence electrons. The van der Waals surface area contributed by atoms with Gasteiger partial charge in [-0.1, -0.05) is 19.1 Å². The van der Waals surface area contributed by atoms with Crippen LogP contribution in [0.2, 0.25) is 0 Å². The molecule has 0 bridgehead atoms. The molecule has 0 spiro atoms. The molecule has 4 heteroatoms. The van der Waals surface area contributed by atoms with Crippen LogP contribution in [0.5, 0.6) is 11.5 Å². The van der Waals surface area contributed by atoms with Gasteiger partial charge in [0, 0.05) is 6.42 Å². The largest absolute Gasteiger partial charge is 0.493 e. The van der Waals surface area contributed by atoms with Crippen molar-refractivity contribution < 1.29 is 19.0 Å². The summed E-state index contributed by atoms with van der Waals surface area (Å²) < 4.78 is 16.5. The number of ether oxygens (including phenoxy) is 3. The Labute approximate surface area is 113 Å². The highest BCUT2D eigenvalue weighted by Gasteiger charge is 2.44. The highest BCUT2D eigenvalue weighted by Crippen LogP contribution is 2.41. The number of fused-ring (bicyclic) bond motifs is 1. The minimum Gasteiger partial charge on any atom is -0.493 e. The van der Waals surface area contributed by atoms with Gasteiger partial charge in [0.15, 0.2) is 11.5 Å². The average molecular weight is 264 g/mol. The predicted octanol–water partition coefficient (Wildman–Crippen LogP) is 2.73. The highest BCUT2D eigenvalue weighted by molar-refractivity contribution is 5.80. The molecule has 1 heterocycles. The number of carbonyl (C=O) groups excluding carboxylic acids is 1. The zero-order valence-electron chi connectivity index (χ0n) is 11.7. The fourth-order valence-corrected chi connectivity index (χ4v) is 2.42. The molecule has 0 N–H and O–H groups in total. The number of carbonyl (C=O) groups is 1. The third-order valence-corrected chi connectivity index (χ3v) is 3.59. The summed E-state index contributed by atoms with van der Waals surface area (Å²) in [5, 5.41) is 0. The fourth-order valence-electron chi connectivity index (χ4n) is 2.42. The molecule has 19 heavy (non-hydrogen) atoms. The van der Waals surface area contributed by atoms with E-state index < -0.39 is 5.60 Å². The highest BCUT2D eigenvalue weighted by atomic mass is 16.6. The molecule has 0 saturated heterocycles. The molecule has 0 aliphatic carbocycles. The van der Waals surface area contributed by atoms with Gasteiger partial charge in [-0.25, -0.2) is 4.79 Å². The fraction of sp³-hybridized carbons (Fsp3) is 0.533. The van der Waals surface area contributed by atoms with Gasteiger partial charge in [-0.05, 0) is 31.4 Å². The van der Waals surface area contributed by atoms with Crippen molar-refractivity contribution in [2.24, 2.45) is 0 Å². The number of benzene rings is 1. The second-order valence-corrected chi connectivity index (χ2v) is 4.62. The number of hydrogen-bond acceptors (Lipinski definition) is 4. The van der Waals surface area contributed by atoms with Crippen molar-refractivity contribution >= 4 is 5.97 Å². The van der Waals surface area contributed by atoms with E-state index in [1.54, 1.807) is 14.0 Å². The first-order valence-corrected chi connectivity index (χ1v) is 6.69. The Kier molecular flexibility index (Phi) is 3.98. The quantitative estimate of drug-likeness (QED) is 0.784. The van der Waals surface area contributed by atoms with Crippen LogP contribution in [0, 0.1) is 0 Å². The van der Waals surface area contributed by atoms with E-state index in [0.717, 1.165) is 12.0 Å². The normalized spacial score (nSPS) is 21.2. The predicted molar refractivity (Wildman–Crippen MR) is 71.6 cm³/mol. The lowest BCUT2D eigenvalue weighted by Gasteiger charge is -2.36. The van der Waals surface area contributed by atoms with Crippen LogP contribution in [-0.4, -0.2) is 25.3 Å². The van der Waals surface area contributed by atoms with E-state index >= 15 is 0 Å².